The van der Waals surface area contributed by atoms with E-state index in [0.717, 1.165) is 11.6 Å². The first-order chi connectivity index (χ1) is 9.16. The number of carbonyl (C=O) groups is 1. The maximum absolute atomic E-state index is 10.4. The van der Waals surface area contributed by atoms with Crippen LogP contribution in [0.25, 0.3) is 6.08 Å². The van der Waals surface area contributed by atoms with Crippen molar-refractivity contribution in [3.05, 3.63) is 77.4 Å². The van der Waals surface area contributed by atoms with Gasteiger partial charge < -0.3 is 5.11 Å². The van der Waals surface area contributed by atoms with E-state index in [4.69, 9.17) is 5.11 Å². The van der Waals surface area contributed by atoms with Gasteiger partial charge in [-0.05, 0) is 22.8 Å². The van der Waals surface area contributed by atoms with E-state index in [2.05, 4.69) is 19.1 Å². The minimum Gasteiger partial charge on any atom is -0.478 e. The zero-order chi connectivity index (χ0) is 13.7. The highest BCUT2D eigenvalue weighted by atomic mass is 16.4. The Labute approximate surface area is 113 Å². The van der Waals surface area contributed by atoms with Crippen LogP contribution < -0.4 is 0 Å². The molecule has 1 N–H and O–H groups in total. The summed E-state index contributed by atoms with van der Waals surface area (Å²) >= 11 is 0. The van der Waals surface area contributed by atoms with Gasteiger partial charge in [-0.15, -0.1) is 0 Å². The van der Waals surface area contributed by atoms with Gasteiger partial charge in [0.05, 0.1) is 0 Å². The van der Waals surface area contributed by atoms with Gasteiger partial charge in [-0.2, -0.15) is 0 Å². The first-order valence-electron chi connectivity index (χ1n) is 6.23. The van der Waals surface area contributed by atoms with Crippen LogP contribution in [0.1, 0.15) is 29.5 Å². The summed E-state index contributed by atoms with van der Waals surface area (Å²) in [6, 6.07) is 18.3. The minimum atomic E-state index is -0.929. The Morgan fingerprint density at radius 2 is 1.58 bits per heavy atom. The third-order valence-corrected chi connectivity index (χ3v) is 3.15. The molecule has 0 spiro atoms. The molecule has 2 rings (SSSR count). The third-order valence-electron chi connectivity index (χ3n) is 3.15. The van der Waals surface area contributed by atoms with Crippen molar-refractivity contribution in [2.24, 2.45) is 0 Å². The Morgan fingerprint density at radius 3 is 2.16 bits per heavy atom. The van der Waals surface area contributed by atoms with Gasteiger partial charge in [0.1, 0.15) is 0 Å². The predicted molar refractivity (Wildman–Crippen MR) is 77.1 cm³/mol. The molecular formula is C17H16O2. The molecule has 1 unspecified atom stereocenters. The number of benzene rings is 2. The fourth-order valence-corrected chi connectivity index (χ4v) is 2.00. The SMILES string of the molecule is CC(c1ccccc1)c1ccc(C=CC(=O)O)cc1. The van der Waals surface area contributed by atoms with Crippen LogP contribution in [0.3, 0.4) is 0 Å². The summed E-state index contributed by atoms with van der Waals surface area (Å²) in [7, 11) is 0. The maximum Gasteiger partial charge on any atom is 0.328 e. The number of hydrogen-bond acceptors (Lipinski definition) is 1. The van der Waals surface area contributed by atoms with Gasteiger partial charge in [-0.1, -0.05) is 61.5 Å². The summed E-state index contributed by atoms with van der Waals surface area (Å²) < 4.78 is 0. The molecule has 0 bridgehead atoms. The second-order valence-corrected chi connectivity index (χ2v) is 4.47. The van der Waals surface area contributed by atoms with Crippen LogP contribution in [-0.2, 0) is 4.79 Å². The van der Waals surface area contributed by atoms with Crippen LogP contribution in [0.2, 0.25) is 0 Å². The largest absolute Gasteiger partial charge is 0.478 e. The fraction of sp³-hybridized carbons (Fsp3) is 0.118. The van der Waals surface area contributed by atoms with Gasteiger partial charge in [-0.3, -0.25) is 0 Å². The van der Waals surface area contributed by atoms with E-state index in [9.17, 15) is 4.79 Å². The van der Waals surface area contributed by atoms with E-state index in [-0.39, 0.29) is 0 Å². The minimum absolute atomic E-state index is 0.332. The van der Waals surface area contributed by atoms with E-state index >= 15 is 0 Å². The van der Waals surface area contributed by atoms with Gasteiger partial charge in [0, 0.05) is 12.0 Å². The zero-order valence-electron chi connectivity index (χ0n) is 10.8. The monoisotopic (exact) mass is 252 g/mol. The van der Waals surface area contributed by atoms with E-state index in [1.165, 1.54) is 11.1 Å². The standard InChI is InChI=1S/C17H16O2/c1-13(15-5-3-2-4-6-15)16-10-7-14(8-11-16)9-12-17(18)19/h2-13H,1H3,(H,18,19). The molecule has 0 aliphatic carbocycles. The Hall–Kier alpha value is -2.35. The molecular weight excluding hydrogens is 236 g/mol. The van der Waals surface area contributed by atoms with Crippen molar-refractivity contribution in [3.63, 3.8) is 0 Å². The average Bonchev–Trinajstić information content (AvgIpc) is 2.46. The van der Waals surface area contributed by atoms with Crippen molar-refractivity contribution >= 4 is 12.0 Å². The van der Waals surface area contributed by atoms with Gasteiger partial charge in [0.25, 0.3) is 0 Å². The molecule has 0 aliphatic rings. The smallest absolute Gasteiger partial charge is 0.328 e. The number of aliphatic carboxylic acids is 1. The lowest BCUT2D eigenvalue weighted by Gasteiger charge is -2.12. The van der Waals surface area contributed by atoms with Gasteiger partial charge >= 0.3 is 5.97 Å². The molecule has 0 fully saturated rings. The van der Waals surface area contributed by atoms with Crippen LogP contribution in [0.5, 0.6) is 0 Å². The molecule has 2 aromatic carbocycles. The van der Waals surface area contributed by atoms with Crippen LogP contribution in [-0.4, -0.2) is 11.1 Å². The highest BCUT2D eigenvalue weighted by Gasteiger charge is 2.06. The third kappa shape index (κ3) is 3.55. The molecule has 0 saturated carbocycles. The van der Waals surface area contributed by atoms with E-state index in [0.29, 0.717) is 5.92 Å². The Morgan fingerprint density at radius 1 is 1.00 bits per heavy atom. The van der Waals surface area contributed by atoms with Crippen LogP contribution in [0, 0.1) is 0 Å². The predicted octanol–water partition coefficient (Wildman–Crippen LogP) is 3.94. The van der Waals surface area contributed by atoms with Gasteiger partial charge in [-0.25, -0.2) is 4.79 Å². The maximum atomic E-state index is 10.4. The van der Waals surface area contributed by atoms with Gasteiger partial charge in [0.2, 0.25) is 0 Å². The lowest BCUT2D eigenvalue weighted by atomic mass is 9.92. The highest BCUT2D eigenvalue weighted by molar-refractivity contribution is 5.85. The number of hydrogen-bond donors (Lipinski definition) is 1. The molecule has 0 aromatic heterocycles. The molecule has 0 radical (unpaired) electrons. The number of carboxylic acid groups (broad SMARTS) is 1. The Balaban J connectivity index is 2.16. The summed E-state index contributed by atoms with van der Waals surface area (Å²) in [5.74, 6) is -0.597. The second-order valence-electron chi connectivity index (χ2n) is 4.47. The molecule has 0 heterocycles. The molecule has 0 saturated heterocycles. The number of rotatable bonds is 4. The van der Waals surface area contributed by atoms with Crippen molar-refractivity contribution in [2.75, 3.05) is 0 Å². The molecule has 2 aromatic rings. The van der Waals surface area contributed by atoms with E-state index in [1.54, 1.807) is 6.08 Å². The Bertz CT molecular complexity index is 568. The van der Waals surface area contributed by atoms with E-state index < -0.39 is 5.97 Å². The van der Waals surface area contributed by atoms with Crippen molar-refractivity contribution in [2.45, 2.75) is 12.8 Å². The summed E-state index contributed by atoms with van der Waals surface area (Å²) in [6.07, 6.45) is 2.74. The topological polar surface area (TPSA) is 37.3 Å². The fourth-order valence-electron chi connectivity index (χ4n) is 2.00. The lowest BCUT2D eigenvalue weighted by molar-refractivity contribution is -0.131. The van der Waals surface area contributed by atoms with Crippen molar-refractivity contribution in [1.82, 2.24) is 0 Å². The first kappa shape index (κ1) is 13.1. The van der Waals surface area contributed by atoms with Crippen LogP contribution in [0.15, 0.2) is 60.7 Å². The quantitative estimate of drug-likeness (QED) is 0.837. The second kappa shape index (κ2) is 6.01. The summed E-state index contributed by atoms with van der Waals surface area (Å²) in [6.45, 7) is 2.16. The van der Waals surface area contributed by atoms with Crippen LogP contribution >= 0.6 is 0 Å². The van der Waals surface area contributed by atoms with Crippen molar-refractivity contribution in [1.29, 1.82) is 0 Å². The lowest BCUT2D eigenvalue weighted by Crippen LogP contribution is -1.95. The summed E-state index contributed by atoms with van der Waals surface area (Å²) in [5, 5.41) is 8.58. The Kier molecular flexibility index (Phi) is 4.14. The van der Waals surface area contributed by atoms with Crippen molar-refractivity contribution in [3.8, 4) is 0 Å². The highest BCUT2D eigenvalue weighted by Crippen LogP contribution is 2.24. The van der Waals surface area contributed by atoms with Crippen LogP contribution in [0.4, 0.5) is 0 Å². The molecule has 0 aliphatic heterocycles. The summed E-state index contributed by atoms with van der Waals surface area (Å²) in [5.41, 5.74) is 3.39. The molecule has 1 atom stereocenters. The first-order valence-corrected chi connectivity index (χ1v) is 6.23. The average molecular weight is 252 g/mol. The van der Waals surface area contributed by atoms with Crippen molar-refractivity contribution < 1.29 is 9.90 Å². The summed E-state index contributed by atoms with van der Waals surface area (Å²) in [4.78, 5) is 10.4. The van der Waals surface area contributed by atoms with Gasteiger partial charge in [0.15, 0.2) is 0 Å². The molecule has 19 heavy (non-hydrogen) atoms. The zero-order valence-corrected chi connectivity index (χ0v) is 10.8. The molecule has 0 amide bonds. The molecule has 2 nitrogen and oxygen atoms in total. The molecule has 2 heteroatoms. The van der Waals surface area contributed by atoms with E-state index in [1.807, 2.05) is 42.5 Å². The number of carboxylic acids is 1. The normalized spacial score (nSPS) is 12.5. The molecule has 96 valence electrons.